The van der Waals surface area contributed by atoms with Gasteiger partial charge in [0.05, 0.1) is 17.9 Å². The average molecular weight is 365 g/mol. The highest BCUT2D eigenvalue weighted by Crippen LogP contribution is 2.50. The van der Waals surface area contributed by atoms with Gasteiger partial charge in [-0.15, -0.1) is 0 Å². The molecule has 20 heavy (non-hydrogen) atoms. The van der Waals surface area contributed by atoms with Crippen LogP contribution in [0.3, 0.4) is 0 Å². The Morgan fingerprint density at radius 1 is 1.40 bits per heavy atom. The van der Waals surface area contributed by atoms with Crippen molar-refractivity contribution in [2.45, 2.75) is 25.0 Å². The van der Waals surface area contributed by atoms with E-state index in [2.05, 4.69) is 15.9 Å². The van der Waals surface area contributed by atoms with Crippen LogP contribution in [0.1, 0.15) is 24.8 Å². The molecule has 1 aliphatic carbocycles. The third-order valence-corrected chi connectivity index (χ3v) is 5.69. The molecule has 1 fully saturated rings. The summed E-state index contributed by atoms with van der Waals surface area (Å²) >= 11 is 3.17. The molecule has 4 nitrogen and oxygen atoms in total. The van der Waals surface area contributed by atoms with Gasteiger partial charge in [0, 0.05) is 10.0 Å². The van der Waals surface area contributed by atoms with Crippen molar-refractivity contribution in [1.82, 2.24) is 0 Å². The molecule has 2 rings (SSSR count). The first-order chi connectivity index (χ1) is 9.21. The minimum absolute atomic E-state index is 0.102. The molecule has 0 amide bonds. The van der Waals surface area contributed by atoms with E-state index >= 15 is 0 Å². The number of benzene rings is 1. The molecule has 1 aromatic rings. The highest BCUT2D eigenvalue weighted by molar-refractivity contribution is 9.10. The molecule has 1 aliphatic rings. The molecule has 0 atom stereocenters. The van der Waals surface area contributed by atoms with Crippen LogP contribution in [0.2, 0.25) is 0 Å². The number of hydrogen-bond donors (Lipinski definition) is 1. The molecule has 0 radical (unpaired) electrons. The van der Waals surface area contributed by atoms with Crippen molar-refractivity contribution in [3.63, 3.8) is 0 Å². The Morgan fingerprint density at radius 2 is 2.05 bits per heavy atom. The molecule has 0 unspecified atom stereocenters. The zero-order valence-electron chi connectivity index (χ0n) is 10.6. The molecular weight excluding hydrogens is 351 g/mol. The van der Waals surface area contributed by atoms with E-state index < -0.39 is 32.8 Å². The minimum atomic E-state index is -3.54. The van der Waals surface area contributed by atoms with Crippen LogP contribution in [0.4, 0.5) is 4.39 Å². The van der Waals surface area contributed by atoms with Gasteiger partial charge >= 0.3 is 5.97 Å². The first kappa shape index (κ1) is 15.4. The quantitative estimate of drug-likeness (QED) is 0.842. The smallest absolute Gasteiger partial charge is 0.303 e. The lowest BCUT2D eigenvalue weighted by molar-refractivity contribution is -0.138. The van der Waals surface area contributed by atoms with Gasteiger partial charge in [-0.3, -0.25) is 4.79 Å². The van der Waals surface area contributed by atoms with E-state index in [1.165, 1.54) is 18.2 Å². The summed E-state index contributed by atoms with van der Waals surface area (Å²) in [6.07, 6.45) is 1.05. The van der Waals surface area contributed by atoms with E-state index in [0.29, 0.717) is 17.3 Å². The Labute approximate surface area is 125 Å². The second-order valence-corrected chi connectivity index (χ2v) is 8.32. The topological polar surface area (TPSA) is 71.4 Å². The number of carboxylic acids is 1. The first-order valence-electron chi connectivity index (χ1n) is 6.08. The molecule has 0 heterocycles. The molecule has 0 aliphatic heterocycles. The summed E-state index contributed by atoms with van der Waals surface area (Å²) in [6.45, 7) is 0. The summed E-state index contributed by atoms with van der Waals surface area (Å²) in [7, 11) is -3.54. The molecule has 110 valence electrons. The minimum Gasteiger partial charge on any atom is -0.481 e. The number of sulfone groups is 1. The third-order valence-electron chi connectivity index (χ3n) is 3.39. The normalized spacial score (nSPS) is 16.9. The molecule has 1 saturated carbocycles. The van der Waals surface area contributed by atoms with Crippen LogP contribution in [0.25, 0.3) is 0 Å². The zero-order chi connectivity index (χ0) is 15.0. The van der Waals surface area contributed by atoms with E-state index in [4.69, 9.17) is 5.11 Å². The zero-order valence-corrected chi connectivity index (χ0v) is 13.0. The van der Waals surface area contributed by atoms with Gasteiger partial charge in [-0.2, -0.15) is 0 Å². The summed E-state index contributed by atoms with van der Waals surface area (Å²) in [4.78, 5) is 10.7. The van der Waals surface area contributed by atoms with Gasteiger partial charge in [-0.25, -0.2) is 12.8 Å². The molecule has 1 aromatic carbocycles. The SMILES string of the molecule is O=C(O)CC1(CS(=O)(=O)Cc2cc(Br)ccc2F)CC1. The van der Waals surface area contributed by atoms with Crippen molar-refractivity contribution in [1.29, 1.82) is 0 Å². The Kier molecular flexibility index (Phi) is 4.20. The van der Waals surface area contributed by atoms with Gasteiger partial charge in [-0.05, 0) is 36.5 Å². The summed E-state index contributed by atoms with van der Waals surface area (Å²) < 4.78 is 38.4. The van der Waals surface area contributed by atoms with Crippen LogP contribution in [0.15, 0.2) is 22.7 Å². The predicted molar refractivity (Wildman–Crippen MR) is 75.5 cm³/mol. The predicted octanol–water partition coefficient (Wildman–Crippen LogP) is 2.76. The molecule has 7 heteroatoms. The number of carboxylic acid groups (broad SMARTS) is 1. The highest BCUT2D eigenvalue weighted by atomic mass is 79.9. The number of aliphatic carboxylic acids is 1. The van der Waals surface area contributed by atoms with Crippen LogP contribution in [-0.2, 0) is 20.4 Å². The molecule has 0 bridgehead atoms. The molecule has 0 aromatic heterocycles. The Bertz CT molecular complexity index is 638. The number of carbonyl (C=O) groups is 1. The van der Waals surface area contributed by atoms with Crippen LogP contribution in [0, 0.1) is 11.2 Å². The second-order valence-electron chi connectivity index (χ2n) is 5.34. The van der Waals surface area contributed by atoms with E-state index in [9.17, 15) is 17.6 Å². The van der Waals surface area contributed by atoms with Crippen LogP contribution < -0.4 is 0 Å². The molecule has 0 saturated heterocycles. The van der Waals surface area contributed by atoms with Gasteiger partial charge in [0.15, 0.2) is 9.84 Å². The first-order valence-corrected chi connectivity index (χ1v) is 8.69. The van der Waals surface area contributed by atoms with E-state index in [1.54, 1.807) is 0 Å². The van der Waals surface area contributed by atoms with Crippen LogP contribution >= 0.6 is 15.9 Å². The van der Waals surface area contributed by atoms with Crippen LogP contribution in [0.5, 0.6) is 0 Å². The summed E-state index contributed by atoms with van der Waals surface area (Å²) in [5.74, 6) is -2.16. The fraction of sp³-hybridized carbons (Fsp3) is 0.462. The van der Waals surface area contributed by atoms with Gasteiger partial charge < -0.3 is 5.11 Å². The Balaban J connectivity index is 2.12. The third kappa shape index (κ3) is 4.02. The fourth-order valence-electron chi connectivity index (χ4n) is 2.28. The van der Waals surface area contributed by atoms with Gasteiger partial charge in [0.1, 0.15) is 5.82 Å². The van der Waals surface area contributed by atoms with Gasteiger partial charge in [0.25, 0.3) is 0 Å². The van der Waals surface area contributed by atoms with E-state index in [1.807, 2.05) is 0 Å². The maximum atomic E-state index is 13.6. The molecular formula is C13H14BrFO4S. The summed E-state index contributed by atoms with van der Waals surface area (Å²) in [6, 6.07) is 4.14. The van der Waals surface area contributed by atoms with Crippen molar-refractivity contribution in [3.05, 3.63) is 34.1 Å². The standard InChI is InChI=1S/C13H14BrFO4S/c14-10-1-2-11(15)9(5-10)7-20(18,19)8-13(3-4-13)6-12(16)17/h1-2,5H,3-4,6-8H2,(H,16,17). The monoisotopic (exact) mass is 364 g/mol. The van der Waals surface area contributed by atoms with E-state index in [-0.39, 0.29) is 17.7 Å². The highest BCUT2D eigenvalue weighted by Gasteiger charge is 2.47. The Morgan fingerprint density at radius 3 is 2.60 bits per heavy atom. The lowest BCUT2D eigenvalue weighted by Crippen LogP contribution is -2.22. The largest absolute Gasteiger partial charge is 0.481 e. The average Bonchev–Trinajstić information content (AvgIpc) is 3.00. The van der Waals surface area contributed by atoms with Crippen molar-refractivity contribution in [3.8, 4) is 0 Å². The lowest BCUT2D eigenvalue weighted by atomic mass is 10.1. The van der Waals surface area contributed by atoms with E-state index in [0.717, 1.165) is 0 Å². The summed E-state index contributed by atoms with van der Waals surface area (Å²) in [5.41, 5.74) is -0.543. The van der Waals surface area contributed by atoms with Gasteiger partial charge in [-0.1, -0.05) is 15.9 Å². The van der Waals surface area contributed by atoms with Crippen molar-refractivity contribution in [2.75, 3.05) is 5.75 Å². The summed E-state index contributed by atoms with van der Waals surface area (Å²) in [5, 5.41) is 8.80. The molecule has 0 spiro atoms. The lowest BCUT2D eigenvalue weighted by Gasteiger charge is -2.13. The van der Waals surface area contributed by atoms with Crippen molar-refractivity contribution >= 4 is 31.7 Å². The fourth-order valence-corrected chi connectivity index (χ4v) is 4.81. The van der Waals surface area contributed by atoms with Crippen molar-refractivity contribution < 1.29 is 22.7 Å². The maximum Gasteiger partial charge on any atom is 0.303 e. The van der Waals surface area contributed by atoms with Gasteiger partial charge in [0.2, 0.25) is 0 Å². The molecule has 1 N–H and O–H groups in total. The van der Waals surface area contributed by atoms with Crippen molar-refractivity contribution in [2.24, 2.45) is 5.41 Å². The second kappa shape index (κ2) is 5.44. The number of rotatable bonds is 6. The van der Waals surface area contributed by atoms with Crippen LogP contribution in [-0.4, -0.2) is 25.2 Å². The number of halogens is 2. The maximum absolute atomic E-state index is 13.6. The number of hydrogen-bond acceptors (Lipinski definition) is 3. The Hall–Kier alpha value is -0.950.